The van der Waals surface area contributed by atoms with E-state index >= 15 is 0 Å². The van der Waals surface area contributed by atoms with Gasteiger partial charge in [0.15, 0.2) is 0 Å². The van der Waals surface area contributed by atoms with E-state index in [-0.39, 0.29) is 29.4 Å². The van der Waals surface area contributed by atoms with Crippen molar-refractivity contribution in [2.24, 2.45) is 4.99 Å². The molecular weight excluding hydrogens is 342 g/mol. The zero-order valence-electron chi connectivity index (χ0n) is 13.0. The Labute approximate surface area is 144 Å². The number of sulfonamides is 1. The van der Waals surface area contributed by atoms with E-state index in [0.29, 0.717) is 11.1 Å². The molecule has 3 rings (SSSR count). The second-order valence-electron chi connectivity index (χ2n) is 5.20. The van der Waals surface area contributed by atoms with Gasteiger partial charge in [0.25, 0.3) is 10.0 Å². The summed E-state index contributed by atoms with van der Waals surface area (Å²) in [6.07, 6.45) is -0.0236. The molecule has 0 amide bonds. The van der Waals surface area contributed by atoms with E-state index in [9.17, 15) is 13.2 Å². The molecule has 25 heavy (non-hydrogen) atoms. The Bertz CT molecular complexity index is 1010. The minimum Gasteiger partial charge on any atom is -0.426 e. The number of fused-ring (bicyclic) bond motifs is 1. The summed E-state index contributed by atoms with van der Waals surface area (Å²) in [6.45, 7) is 0.0724. The first kappa shape index (κ1) is 16.7. The first-order valence-electron chi connectivity index (χ1n) is 7.37. The molecule has 0 unspecified atom stereocenters. The van der Waals surface area contributed by atoms with Gasteiger partial charge in [0, 0.05) is 5.56 Å². The van der Waals surface area contributed by atoms with Crippen LogP contribution in [-0.4, -0.2) is 26.8 Å². The van der Waals surface area contributed by atoms with Gasteiger partial charge in [-0.05, 0) is 30.3 Å². The minimum absolute atomic E-state index is 0.0236. The second kappa shape index (κ2) is 6.75. The van der Waals surface area contributed by atoms with Crippen LogP contribution in [0, 0.1) is 11.3 Å². The van der Waals surface area contributed by atoms with Gasteiger partial charge in [-0.3, -0.25) is 14.5 Å². The number of hydrogen-bond donors (Lipinski definition) is 1. The Balaban J connectivity index is 1.64. The molecular formula is C17H13N3O4S. The molecule has 1 N–H and O–H groups in total. The van der Waals surface area contributed by atoms with Gasteiger partial charge >= 0.3 is 5.97 Å². The lowest BCUT2D eigenvalue weighted by atomic mass is 10.2. The topological polar surface area (TPSA) is 109 Å². The number of nitrogens with one attached hydrogen (secondary N) is 1. The molecule has 0 spiro atoms. The third-order valence-corrected chi connectivity index (χ3v) is 4.84. The summed E-state index contributed by atoms with van der Waals surface area (Å²) in [5, 5.41) is 8.82. The normalized spacial score (nSPS) is 15.9. The highest BCUT2D eigenvalue weighted by Crippen LogP contribution is 2.22. The summed E-state index contributed by atoms with van der Waals surface area (Å²) in [7, 11) is -3.59. The van der Waals surface area contributed by atoms with Crippen molar-refractivity contribution >= 4 is 21.8 Å². The van der Waals surface area contributed by atoms with Crippen LogP contribution in [0.25, 0.3) is 0 Å². The summed E-state index contributed by atoms with van der Waals surface area (Å²) in [6, 6.07) is 14.7. The van der Waals surface area contributed by atoms with E-state index < -0.39 is 16.0 Å². The van der Waals surface area contributed by atoms with Crippen molar-refractivity contribution in [3.05, 3.63) is 59.7 Å². The van der Waals surface area contributed by atoms with Crippen molar-refractivity contribution in [1.82, 2.24) is 4.72 Å². The van der Waals surface area contributed by atoms with Gasteiger partial charge in [0.1, 0.15) is 11.6 Å². The van der Waals surface area contributed by atoms with Crippen LogP contribution in [0.15, 0.2) is 58.4 Å². The molecule has 0 bridgehead atoms. The number of benzene rings is 2. The van der Waals surface area contributed by atoms with Gasteiger partial charge in [0.05, 0.1) is 29.5 Å². The van der Waals surface area contributed by atoms with Crippen LogP contribution in [0.3, 0.4) is 0 Å². The maximum absolute atomic E-state index is 12.0. The maximum atomic E-state index is 12.0. The predicted octanol–water partition coefficient (Wildman–Crippen LogP) is 1.59. The standard InChI is InChI=1S/C17H13N3O4S/c18-11-12-4-3-5-13(10-12)24-16(21)8-9-19-17-14-6-1-2-7-15(14)25(22,23)20-17/h1-7,10H,8-9H2,(H,19,20). The maximum Gasteiger partial charge on any atom is 0.313 e. The zero-order chi connectivity index (χ0) is 17.9. The van der Waals surface area contributed by atoms with Gasteiger partial charge in [-0.25, -0.2) is 8.42 Å². The molecule has 2 aromatic carbocycles. The first-order chi connectivity index (χ1) is 12.0. The van der Waals surface area contributed by atoms with Crippen molar-refractivity contribution in [2.45, 2.75) is 11.3 Å². The van der Waals surface area contributed by atoms with Crippen LogP contribution < -0.4 is 9.46 Å². The Kier molecular flexibility index (Phi) is 4.50. The van der Waals surface area contributed by atoms with Crippen LogP contribution in [0.2, 0.25) is 0 Å². The fraction of sp³-hybridized carbons (Fsp3) is 0.118. The van der Waals surface area contributed by atoms with Crippen molar-refractivity contribution < 1.29 is 17.9 Å². The molecule has 8 heteroatoms. The van der Waals surface area contributed by atoms with Crippen LogP contribution in [0.5, 0.6) is 5.75 Å². The molecule has 0 atom stereocenters. The molecule has 0 fully saturated rings. The average molecular weight is 355 g/mol. The quantitative estimate of drug-likeness (QED) is 0.662. The second-order valence-corrected chi connectivity index (χ2v) is 6.85. The summed E-state index contributed by atoms with van der Waals surface area (Å²) in [5.74, 6) is -0.0212. The van der Waals surface area contributed by atoms with E-state index in [4.69, 9.17) is 10.00 Å². The molecule has 0 saturated heterocycles. The van der Waals surface area contributed by atoms with E-state index in [1.807, 2.05) is 6.07 Å². The molecule has 2 aromatic rings. The SMILES string of the molecule is N#Cc1cccc(OC(=O)CCN=C2NS(=O)(=O)c3ccccc32)c1. The van der Waals surface area contributed by atoms with Gasteiger partial charge in [0.2, 0.25) is 0 Å². The molecule has 1 aliphatic rings. The Morgan fingerprint density at radius 1 is 1.20 bits per heavy atom. The lowest BCUT2D eigenvalue weighted by molar-refractivity contribution is -0.134. The number of amidine groups is 1. The van der Waals surface area contributed by atoms with Gasteiger partial charge in [-0.2, -0.15) is 5.26 Å². The van der Waals surface area contributed by atoms with Gasteiger partial charge < -0.3 is 4.74 Å². The lowest BCUT2D eigenvalue weighted by Crippen LogP contribution is -2.22. The number of hydrogen-bond acceptors (Lipinski definition) is 6. The lowest BCUT2D eigenvalue weighted by Gasteiger charge is -2.03. The Hall–Kier alpha value is -3.18. The van der Waals surface area contributed by atoms with E-state index in [0.717, 1.165) is 0 Å². The summed E-state index contributed by atoms with van der Waals surface area (Å²) >= 11 is 0. The number of carbonyl (C=O) groups excluding carboxylic acids is 1. The number of ether oxygens (including phenoxy) is 1. The van der Waals surface area contributed by atoms with E-state index in [1.165, 1.54) is 12.1 Å². The highest BCUT2D eigenvalue weighted by Gasteiger charge is 2.29. The van der Waals surface area contributed by atoms with E-state index in [2.05, 4.69) is 9.71 Å². The molecule has 7 nitrogen and oxygen atoms in total. The van der Waals surface area contributed by atoms with Gasteiger partial charge in [-0.1, -0.05) is 18.2 Å². The van der Waals surface area contributed by atoms with Crippen LogP contribution >= 0.6 is 0 Å². The van der Waals surface area contributed by atoms with Crippen molar-refractivity contribution in [1.29, 1.82) is 5.26 Å². The van der Waals surface area contributed by atoms with Crippen molar-refractivity contribution in [2.75, 3.05) is 6.54 Å². The number of carbonyl (C=O) groups is 1. The third-order valence-electron chi connectivity index (χ3n) is 3.44. The number of nitrogens with zero attached hydrogens (tertiary/aromatic N) is 2. The molecule has 0 radical (unpaired) electrons. The third kappa shape index (κ3) is 3.67. The summed E-state index contributed by atoms with van der Waals surface area (Å²) < 4.78 is 31.4. The summed E-state index contributed by atoms with van der Waals surface area (Å²) in [5.41, 5.74) is 0.875. The fourth-order valence-electron chi connectivity index (χ4n) is 2.32. The largest absolute Gasteiger partial charge is 0.426 e. The molecule has 126 valence electrons. The molecule has 0 aliphatic carbocycles. The van der Waals surface area contributed by atoms with Gasteiger partial charge in [-0.15, -0.1) is 0 Å². The monoisotopic (exact) mass is 355 g/mol. The average Bonchev–Trinajstić information content (AvgIpc) is 2.86. The van der Waals surface area contributed by atoms with Crippen LogP contribution in [0.4, 0.5) is 0 Å². The van der Waals surface area contributed by atoms with Crippen LogP contribution in [-0.2, 0) is 14.8 Å². The molecule has 0 saturated carbocycles. The molecule has 1 aliphatic heterocycles. The zero-order valence-corrected chi connectivity index (χ0v) is 13.8. The number of nitriles is 1. The fourth-order valence-corrected chi connectivity index (χ4v) is 3.57. The van der Waals surface area contributed by atoms with Crippen molar-refractivity contribution in [3.8, 4) is 11.8 Å². The molecule has 1 heterocycles. The molecule has 0 aromatic heterocycles. The Morgan fingerprint density at radius 3 is 2.80 bits per heavy atom. The summed E-state index contributed by atoms with van der Waals surface area (Å²) in [4.78, 5) is 16.2. The smallest absolute Gasteiger partial charge is 0.313 e. The highest BCUT2D eigenvalue weighted by atomic mass is 32.2. The van der Waals surface area contributed by atoms with Crippen LogP contribution in [0.1, 0.15) is 17.5 Å². The van der Waals surface area contributed by atoms with Crippen molar-refractivity contribution in [3.63, 3.8) is 0 Å². The number of aliphatic imine (C=N–C) groups is 1. The van der Waals surface area contributed by atoms with E-state index in [1.54, 1.807) is 36.4 Å². The number of rotatable bonds is 4. The Morgan fingerprint density at radius 2 is 2.00 bits per heavy atom. The first-order valence-corrected chi connectivity index (χ1v) is 8.85. The minimum atomic E-state index is -3.59. The number of esters is 1. The highest BCUT2D eigenvalue weighted by molar-refractivity contribution is 7.90. The predicted molar refractivity (Wildman–Crippen MR) is 89.6 cm³/mol.